The fourth-order valence-corrected chi connectivity index (χ4v) is 4.35. The quantitative estimate of drug-likeness (QED) is 0.582. The van der Waals surface area contributed by atoms with Crippen LogP contribution in [0.5, 0.6) is 0 Å². The van der Waals surface area contributed by atoms with Crippen LogP contribution in [0.3, 0.4) is 0 Å². The predicted molar refractivity (Wildman–Crippen MR) is 117 cm³/mol. The van der Waals surface area contributed by atoms with Crippen molar-refractivity contribution in [3.05, 3.63) is 107 Å². The van der Waals surface area contributed by atoms with E-state index in [1.54, 1.807) is 30.3 Å². The third kappa shape index (κ3) is 5.04. The number of nitrogens with zero attached hydrogens (tertiary/aromatic N) is 1. The van der Waals surface area contributed by atoms with Crippen molar-refractivity contribution in [3.8, 4) is 0 Å². The zero-order valence-electron chi connectivity index (χ0n) is 17.6. The van der Waals surface area contributed by atoms with Gasteiger partial charge in [-0.1, -0.05) is 78.9 Å². The second-order valence-corrected chi connectivity index (χ2v) is 8.20. The zero-order valence-corrected chi connectivity index (χ0v) is 17.6. The maximum Gasteiger partial charge on any atom is 0.416 e. The fraction of sp³-hybridized carbons (Fsp3) is 0.308. The molecule has 4 rings (SSSR count). The molecule has 0 aromatic heterocycles. The van der Waals surface area contributed by atoms with Crippen LogP contribution in [0.2, 0.25) is 0 Å². The number of aliphatic hydroxyl groups is 1. The molecule has 0 spiro atoms. The minimum absolute atomic E-state index is 0.0511. The van der Waals surface area contributed by atoms with E-state index in [1.807, 2.05) is 36.4 Å². The fourth-order valence-electron chi connectivity index (χ4n) is 4.35. The summed E-state index contributed by atoms with van der Waals surface area (Å²) in [6.45, 7) is 2.18. The maximum atomic E-state index is 13.7. The second-order valence-electron chi connectivity index (χ2n) is 8.20. The van der Waals surface area contributed by atoms with Crippen LogP contribution >= 0.6 is 0 Å². The van der Waals surface area contributed by atoms with Crippen LogP contribution in [-0.2, 0) is 29.5 Å². The van der Waals surface area contributed by atoms with Crippen LogP contribution in [-0.4, -0.2) is 35.8 Å². The number of morpholine rings is 1. The van der Waals surface area contributed by atoms with Crippen LogP contribution in [0, 0.1) is 0 Å². The molecule has 168 valence electrons. The van der Waals surface area contributed by atoms with E-state index < -0.39 is 23.4 Å². The Balaban J connectivity index is 1.65. The molecule has 32 heavy (non-hydrogen) atoms. The molecule has 1 heterocycles. The number of hydrogen-bond acceptors (Lipinski definition) is 3. The number of benzene rings is 3. The van der Waals surface area contributed by atoms with Gasteiger partial charge in [0, 0.05) is 26.1 Å². The van der Waals surface area contributed by atoms with E-state index >= 15 is 0 Å². The van der Waals surface area contributed by atoms with E-state index in [0.717, 1.165) is 11.6 Å². The summed E-state index contributed by atoms with van der Waals surface area (Å²) in [7, 11) is 0. The Morgan fingerprint density at radius 2 is 1.50 bits per heavy atom. The molecule has 1 aliphatic heterocycles. The van der Waals surface area contributed by atoms with Gasteiger partial charge in [0.05, 0.1) is 12.2 Å². The third-order valence-corrected chi connectivity index (χ3v) is 5.99. The normalized spacial score (nSPS) is 19.4. The number of rotatable bonds is 6. The van der Waals surface area contributed by atoms with Gasteiger partial charge in [0.25, 0.3) is 0 Å². The first-order valence-corrected chi connectivity index (χ1v) is 10.7. The van der Waals surface area contributed by atoms with Gasteiger partial charge in [-0.15, -0.1) is 0 Å². The van der Waals surface area contributed by atoms with E-state index in [2.05, 4.69) is 4.90 Å². The average Bonchev–Trinajstić information content (AvgIpc) is 2.80. The van der Waals surface area contributed by atoms with Crippen LogP contribution in [0.1, 0.15) is 22.3 Å². The molecule has 1 aliphatic rings. The third-order valence-electron chi connectivity index (χ3n) is 5.99. The summed E-state index contributed by atoms with van der Waals surface area (Å²) in [4.78, 5) is 2.17. The van der Waals surface area contributed by atoms with Crippen LogP contribution in [0.25, 0.3) is 0 Å². The Bertz CT molecular complexity index is 1010. The van der Waals surface area contributed by atoms with Crippen molar-refractivity contribution < 1.29 is 23.0 Å². The molecule has 1 N–H and O–H groups in total. The molecule has 3 nitrogen and oxygen atoms in total. The predicted octanol–water partition coefficient (Wildman–Crippen LogP) is 5.04. The molecule has 3 aromatic rings. The molecule has 0 amide bonds. The van der Waals surface area contributed by atoms with E-state index in [0.29, 0.717) is 31.8 Å². The molecule has 1 unspecified atom stereocenters. The van der Waals surface area contributed by atoms with E-state index in [9.17, 15) is 18.3 Å². The van der Waals surface area contributed by atoms with Crippen molar-refractivity contribution >= 4 is 0 Å². The Labute approximate surface area is 186 Å². The number of alkyl halides is 3. The largest absolute Gasteiger partial charge is 0.416 e. The lowest BCUT2D eigenvalue weighted by atomic mass is 9.80. The summed E-state index contributed by atoms with van der Waals surface area (Å²) in [5.74, 6) is 0. The molecule has 6 heteroatoms. The van der Waals surface area contributed by atoms with Crippen LogP contribution in [0.15, 0.2) is 84.9 Å². The van der Waals surface area contributed by atoms with E-state index in [4.69, 9.17) is 4.74 Å². The first kappa shape index (κ1) is 22.5. The van der Waals surface area contributed by atoms with Crippen molar-refractivity contribution in [2.75, 3.05) is 19.7 Å². The first-order valence-electron chi connectivity index (χ1n) is 10.7. The van der Waals surface area contributed by atoms with Gasteiger partial charge in [-0.2, -0.15) is 13.2 Å². The summed E-state index contributed by atoms with van der Waals surface area (Å²) in [5, 5.41) is 11.9. The van der Waals surface area contributed by atoms with Crippen molar-refractivity contribution in [1.82, 2.24) is 4.90 Å². The number of hydrogen-bond donors (Lipinski definition) is 1. The number of ether oxygens (including phenoxy) is 1. The highest BCUT2D eigenvalue weighted by molar-refractivity contribution is 5.35. The van der Waals surface area contributed by atoms with Gasteiger partial charge in [-0.25, -0.2) is 0 Å². The molecule has 0 bridgehead atoms. The lowest BCUT2D eigenvalue weighted by Gasteiger charge is -2.43. The highest BCUT2D eigenvalue weighted by Gasteiger charge is 2.44. The van der Waals surface area contributed by atoms with Gasteiger partial charge >= 0.3 is 6.18 Å². The Kier molecular flexibility index (Phi) is 6.65. The molecule has 0 aliphatic carbocycles. The maximum absolute atomic E-state index is 13.7. The molecule has 1 fully saturated rings. The Morgan fingerprint density at radius 3 is 2.19 bits per heavy atom. The van der Waals surface area contributed by atoms with Gasteiger partial charge in [0.2, 0.25) is 0 Å². The van der Waals surface area contributed by atoms with Gasteiger partial charge in [0.15, 0.2) is 0 Å². The monoisotopic (exact) mass is 441 g/mol. The average molecular weight is 441 g/mol. The lowest BCUT2D eigenvalue weighted by Crippen LogP contribution is -2.53. The lowest BCUT2D eigenvalue weighted by molar-refractivity contribution is -0.153. The minimum atomic E-state index is -4.50. The smallest absolute Gasteiger partial charge is 0.382 e. The molecule has 1 saturated heterocycles. The van der Waals surface area contributed by atoms with E-state index in [-0.39, 0.29) is 12.0 Å². The van der Waals surface area contributed by atoms with E-state index in [1.165, 1.54) is 12.1 Å². The standard InChI is InChI=1S/C26H26F3NO2/c27-26(28,29)23-14-8-7-11-21(23)17-25(31,22-12-5-2-6-13-22)24-19-30(15-16-32-24)18-20-9-3-1-4-10-20/h1-14,24,31H,15-19H2/t24?,25-/m0/s1. The topological polar surface area (TPSA) is 32.7 Å². The minimum Gasteiger partial charge on any atom is -0.382 e. The molecular weight excluding hydrogens is 415 g/mol. The second kappa shape index (κ2) is 9.45. The van der Waals surface area contributed by atoms with Gasteiger partial charge in [-0.3, -0.25) is 4.90 Å². The van der Waals surface area contributed by atoms with Gasteiger partial charge < -0.3 is 9.84 Å². The van der Waals surface area contributed by atoms with Crippen LogP contribution in [0.4, 0.5) is 13.2 Å². The first-order chi connectivity index (χ1) is 15.4. The SMILES string of the molecule is O[C@@](Cc1ccccc1C(F)(F)F)(c1ccccc1)C1CN(Cc2ccccc2)CCO1. The molecule has 0 saturated carbocycles. The summed E-state index contributed by atoms with van der Waals surface area (Å²) in [6.07, 6.45) is -5.37. The molecular formula is C26H26F3NO2. The van der Waals surface area contributed by atoms with Gasteiger partial charge in [0.1, 0.15) is 11.7 Å². The van der Waals surface area contributed by atoms with Crippen molar-refractivity contribution in [3.63, 3.8) is 0 Å². The Hall–Kier alpha value is -2.67. The molecule has 0 radical (unpaired) electrons. The van der Waals surface area contributed by atoms with Crippen molar-refractivity contribution in [2.45, 2.75) is 30.8 Å². The highest BCUT2D eigenvalue weighted by Crippen LogP contribution is 2.38. The number of halogens is 3. The Morgan fingerprint density at radius 1 is 0.875 bits per heavy atom. The van der Waals surface area contributed by atoms with Gasteiger partial charge in [-0.05, 0) is 22.8 Å². The summed E-state index contributed by atoms with van der Waals surface area (Å²) >= 11 is 0. The van der Waals surface area contributed by atoms with Crippen LogP contribution < -0.4 is 0 Å². The molecule has 3 aromatic carbocycles. The summed E-state index contributed by atoms with van der Waals surface area (Å²) in [6, 6.07) is 24.3. The molecule has 2 atom stereocenters. The summed E-state index contributed by atoms with van der Waals surface area (Å²) in [5.41, 5.74) is -0.610. The van der Waals surface area contributed by atoms with Crippen molar-refractivity contribution in [2.24, 2.45) is 0 Å². The highest BCUT2D eigenvalue weighted by atomic mass is 19.4. The summed E-state index contributed by atoms with van der Waals surface area (Å²) < 4.78 is 46.9. The zero-order chi connectivity index (χ0) is 22.6. The van der Waals surface area contributed by atoms with Crippen molar-refractivity contribution in [1.29, 1.82) is 0 Å².